The van der Waals surface area contributed by atoms with Crippen LogP contribution in [0.1, 0.15) is 31.2 Å². The molecule has 2 aromatic rings. The summed E-state index contributed by atoms with van der Waals surface area (Å²) in [6, 6.07) is 14.8. The molecule has 9 nitrogen and oxygen atoms in total. The van der Waals surface area contributed by atoms with Gasteiger partial charge in [-0.25, -0.2) is 0 Å². The van der Waals surface area contributed by atoms with Crippen molar-refractivity contribution in [1.82, 2.24) is 4.90 Å². The molecule has 0 aliphatic carbocycles. The van der Waals surface area contributed by atoms with Crippen molar-refractivity contribution in [2.45, 2.75) is 60.7 Å². The third-order valence-corrected chi connectivity index (χ3v) is 10.0. The highest BCUT2D eigenvalue weighted by Crippen LogP contribution is 2.61. The molecule has 10 heteroatoms. The molecule has 1 spiro atoms. The van der Waals surface area contributed by atoms with Crippen LogP contribution < -0.4 is 9.64 Å². The summed E-state index contributed by atoms with van der Waals surface area (Å²) in [6.07, 6.45) is 5.80. The van der Waals surface area contributed by atoms with E-state index in [4.69, 9.17) is 14.2 Å². The molecule has 5 rings (SSSR count). The van der Waals surface area contributed by atoms with Gasteiger partial charge in [0.15, 0.2) is 0 Å². The van der Waals surface area contributed by atoms with E-state index in [9.17, 15) is 19.5 Å². The highest BCUT2D eigenvalue weighted by molar-refractivity contribution is 9.09. The van der Waals surface area contributed by atoms with Gasteiger partial charge in [-0.3, -0.25) is 14.4 Å². The van der Waals surface area contributed by atoms with Gasteiger partial charge < -0.3 is 29.1 Å². The zero-order valence-corrected chi connectivity index (χ0v) is 27.1. The minimum absolute atomic E-state index is 0.171. The summed E-state index contributed by atoms with van der Waals surface area (Å²) in [5.41, 5.74) is 0.201. The quantitative estimate of drug-likeness (QED) is 0.128. The molecular formula is C35H41BrN2O7. The second kappa shape index (κ2) is 14.3. The highest BCUT2D eigenvalue weighted by atomic mass is 79.9. The molecule has 3 heterocycles. The number of rotatable bonds is 15. The molecule has 45 heavy (non-hydrogen) atoms. The summed E-state index contributed by atoms with van der Waals surface area (Å²) in [7, 11) is 1.57. The van der Waals surface area contributed by atoms with E-state index in [-0.39, 0.29) is 36.4 Å². The Morgan fingerprint density at radius 1 is 1.16 bits per heavy atom. The average molecular weight is 682 g/mol. The topological polar surface area (TPSA) is 106 Å². The van der Waals surface area contributed by atoms with Gasteiger partial charge in [0.2, 0.25) is 5.91 Å². The van der Waals surface area contributed by atoms with Crippen LogP contribution in [0.3, 0.4) is 0 Å². The number of amides is 2. The monoisotopic (exact) mass is 680 g/mol. The van der Waals surface area contributed by atoms with Crippen molar-refractivity contribution in [3.8, 4) is 5.75 Å². The molecule has 2 amide bonds. The molecule has 3 saturated heterocycles. The lowest BCUT2D eigenvalue weighted by Gasteiger charge is -2.39. The van der Waals surface area contributed by atoms with E-state index in [1.165, 1.54) is 4.90 Å². The summed E-state index contributed by atoms with van der Waals surface area (Å²) in [5.74, 6) is -2.45. The number of likely N-dealkylation sites (tertiary alicyclic amines) is 1. The molecule has 0 radical (unpaired) electrons. The smallest absolute Gasteiger partial charge is 0.312 e. The number of hydrogen-bond donors (Lipinski definition) is 1. The number of alkyl halides is 1. The Kier molecular flexibility index (Phi) is 10.5. The van der Waals surface area contributed by atoms with Gasteiger partial charge in [0.05, 0.1) is 44.3 Å². The predicted molar refractivity (Wildman–Crippen MR) is 174 cm³/mol. The van der Waals surface area contributed by atoms with Crippen LogP contribution in [0.5, 0.6) is 5.75 Å². The average Bonchev–Trinajstić information content (AvgIpc) is 3.65. The highest BCUT2D eigenvalue weighted by Gasteiger charge is 2.77. The van der Waals surface area contributed by atoms with Crippen molar-refractivity contribution in [1.29, 1.82) is 0 Å². The number of carbonyl (C=O) groups is 3. The van der Waals surface area contributed by atoms with Crippen LogP contribution in [0.25, 0.3) is 0 Å². The van der Waals surface area contributed by atoms with Crippen LogP contribution in [0.2, 0.25) is 0 Å². The maximum atomic E-state index is 14.9. The van der Waals surface area contributed by atoms with E-state index in [1.807, 2.05) is 36.4 Å². The second-order valence-electron chi connectivity index (χ2n) is 11.8. The van der Waals surface area contributed by atoms with Gasteiger partial charge in [-0.2, -0.15) is 0 Å². The molecule has 2 aromatic carbocycles. The molecule has 0 saturated carbocycles. The number of allylic oxidation sites excluding steroid dienone is 1. The fraction of sp³-hybridized carbons (Fsp3) is 0.457. The molecule has 2 bridgehead atoms. The molecular weight excluding hydrogens is 640 g/mol. The molecule has 7 atom stereocenters. The standard InChI is InChI=1S/C35H41BrN2O7/c1-4-6-7-11-19-44-34(42)28-29-32(40)38(25(22-39)20-23-12-9-8-10-13-23)31(35(29)21-27(36)30(28)45-35)33(41)37(18-5-2)24-14-16-26(43-3)17-15-24/h4-5,8-10,12-17,25,27-31,39H,1-2,6-7,11,18-22H2,3H3/t25-,27?,28-,29+,30-,31?,35?/m1/s1. The number of nitrogens with zero attached hydrogens (tertiary/aromatic N) is 2. The van der Waals surface area contributed by atoms with Gasteiger partial charge >= 0.3 is 5.97 Å². The lowest BCUT2D eigenvalue weighted by Crippen LogP contribution is -2.59. The molecule has 3 aliphatic rings. The summed E-state index contributed by atoms with van der Waals surface area (Å²) in [6.45, 7) is 7.62. The van der Waals surface area contributed by atoms with Crippen LogP contribution in [-0.4, -0.2) is 83.3 Å². The minimum atomic E-state index is -1.30. The summed E-state index contributed by atoms with van der Waals surface area (Å²) in [4.78, 5) is 45.9. The van der Waals surface area contributed by atoms with E-state index in [0.29, 0.717) is 30.7 Å². The fourth-order valence-electron chi connectivity index (χ4n) is 7.17. The van der Waals surface area contributed by atoms with E-state index in [0.717, 1.165) is 18.4 Å². The first-order valence-electron chi connectivity index (χ1n) is 15.4. The van der Waals surface area contributed by atoms with Crippen LogP contribution in [-0.2, 0) is 30.3 Å². The van der Waals surface area contributed by atoms with Crippen molar-refractivity contribution in [2.24, 2.45) is 11.8 Å². The Hall–Kier alpha value is -3.47. The fourth-order valence-corrected chi connectivity index (χ4v) is 8.11. The zero-order chi connectivity index (χ0) is 32.1. The number of unbranched alkanes of at least 4 members (excludes halogenated alkanes) is 2. The third-order valence-electron chi connectivity index (χ3n) is 9.16. The minimum Gasteiger partial charge on any atom is -0.497 e. The predicted octanol–water partition coefficient (Wildman–Crippen LogP) is 4.47. The van der Waals surface area contributed by atoms with Crippen molar-refractivity contribution < 1.29 is 33.7 Å². The summed E-state index contributed by atoms with van der Waals surface area (Å²) < 4.78 is 17.7. The van der Waals surface area contributed by atoms with Crippen molar-refractivity contribution in [2.75, 3.05) is 31.8 Å². The maximum absolute atomic E-state index is 14.9. The number of benzene rings is 2. The van der Waals surface area contributed by atoms with E-state index >= 15 is 0 Å². The Morgan fingerprint density at radius 2 is 1.89 bits per heavy atom. The van der Waals surface area contributed by atoms with Gasteiger partial charge in [0, 0.05) is 17.1 Å². The van der Waals surface area contributed by atoms with Gasteiger partial charge in [-0.05, 0) is 61.9 Å². The molecule has 3 fully saturated rings. The molecule has 3 aliphatic heterocycles. The lowest BCUT2D eigenvalue weighted by molar-refractivity contribution is -0.155. The summed E-state index contributed by atoms with van der Waals surface area (Å²) >= 11 is 3.71. The first-order chi connectivity index (χ1) is 21.8. The Bertz CT molecular complexity index is 1390. The van der Waals surface area contributed by atoms with Crippen molar-refractivity contribution in [3.05, 3.63) is 85.5 Å². The number of esters is 1. The number of hydrogen-bond acceptors (Lipinski definition) is 7. The SMILES string of the molecule is C=CCCCCOC(=O)[C@H]1[C@@H]2OC3(CC2Br)C(C(=O)N(CC=C)c2ccc(OC)cc2)N([C@@H](CO)Cc2ccccc2)C(=O)[C@H]13. The van der Waals surface area contributed by atoms with Crippen LogP contribution in [0.15, 0.2) is 79.9 Å². The number of fused-ring (bicyclic) bond motifs is 1. The van der Waals surface area contributed by atoms with Gasteiger partial charge in [-0.15, -0.1) is 13.2 Å². The number of methoxy groups -OCH3 is 1. The van der Waals surface area contributed by atoms with Crippen LogP contribution in [0.4, 0.5) is 5.69 Å². The zero-order valence-electron chi connectivity index (χ0n) is 25.6. The number of ether oxygens (including phenoxy) is 3. The van der Waals surface area contributed by atoms with E-state index in [2.05, 4.69) is 29.1 Å². The van der Waals surface area contributed by atoms with Crippen molar-refractivity contribution >= 4 is 39.4 Å². The number of aliphatic hydroxyl groups is 1. The van der Waals surface area contributed by atoms with Gasteiger partial charge in [0.25, 0.3) is 5.91 Å². The van der Waals surface area contributed by atoms with E-state index in [1.54, 1.807) is 42.4 Å². The Labute approximate surface area is 272 Å². The first kappa shape index (κ1) is 32.9. The Balaban J connectivity index is 1.55. The van der Waals surface area contributed by atoms with Gasteiger partial charge in [-0.1, -0.05) is 58.4 Å². The third kappa shape index (κ3) is 6.20. The van der Waals surface area contributed by atoms with Crippen LogP contribution >= 0.6 is 15.9 Å². The number of aliphatic hydroxyl groups excluding tert-OH is 1. The number of carbonyl (C=O) groups excluding carboxylic acids is 3. The van der Waals surface area contributed by atoms with E-state index < -0.39 is 41.6 Å². The number of anilines is 1. The molecule has 240 valence electrons. The molecule has 0 aromatic heterocycles. The van der Waals surface area contributed by atoms with Crippen molar-refractivity contribution in [3.63, 3.8) is 0 Å². The Morgan fingerprint density at radius 3 is 2.53 bits per heavy atom. The van der Waals surface area contributed by atoms with Crippen LogP contribution in [0, 0.1) is 11.8 Å². The van der Waals surface area contributed by atoms with Gasteiger partial charge in [0.1, 0.15) is 17.4 Å². The largest absolute Gasteiger partial charge is 0.497 e. The second-order valence-corrected chi connectivity index (χ2v) is 13.0. The number of halogens is 1. The lowest BCUT2D eigenvalue weighted by atomic mass is 9.70. The normalized spacial score (nSPS) is 27.1. The molecule has 3 unspecified atom stereocenters. The first-order valence-corrected chi connectivity index (χ1v) is 16.4. The molecule has 1 N–H and O–H groups in total. The maximum Gasteiger partial charge on any atom is 0.312 e. The summed E-state index contributed by atoms with van der Waals surface area (Å²) in [5, 5.41) is 10.7.